The molecule has 2 aromatic rings. The first-order valence-corrected chi connectivity index (χ1v) is 6.83. The van der Waals surface area contributed by atoms with Crippen molar-refractivity contribution in [2.75, 3.05) is 6.61 Å². The zero-order valence-electron chi connectivity index (χ0n) is 10.5. The Morgan fingerprint density at radius 3 is 2.44 bits per heavy atom. The number of fused-ring (bicyclic) bond motifs is 1. The van der Waals surface area contributed by atoms with Crippen molar-refractivity contribution >= 4 is 39.8 Å². The summed E-state index contributed by atoms with van der Waals surface area (Å²) in [5.41, 5.74) is 0.987. The lowest BCUT2D eigenvalue weighted by Crippen LogP contribution is -2.05. The van der Waals surface area contributed by atoms with Crippen LogP contribution in [0.2, 0.25) is 0 Å². The molecule has 0 spiro atoms. The van der Waals surface area contributed by atoms with Gasteiger partial charge in [0.15, 0.2) is 0 Å². The molecule has 0 fully saturated rings. The monoisotopic (exact) mass is 276 g/mol. The summed E-state index contributed by atoms with van der Waals surface area (Å²) in [6.07, 6.45) is 0. The van der Waals surface area contributed by atoms with Gasteiger partial charge in [-0.05, 0) is 23.4 Å². The highest BCUT2D eigenvalue weighted by Gasteiger charge is 2.08. The van der Waals surface area contributed by atoms with Gasteiger partial charge in [-0.2, -0.15) is 0 Å². The molecule has 0 aliphatic heterocycles. The lowest BCUT2D eigenvalue weighted by Gasteiger charge is -2.13. The van der Waals surface area contributed by atoms with E-state index >= 15 is 0 Å². The van der Waals surface area contributed by atoms with Crippen molar-refractivity contribution in [2.45, 2.75) is 13.8 Å². The Kier molecular flexibility index (Phi) is 4.25. The largest absolute Gasteiger partial charge is 0.493 e. The molecule has 0 N–H and O–H groups in total. The van der Waals surface area contributed by atoms with Crippen molar-refractivity contribution in [3.05, 3.63) is 42.0 Å². The summed E-state index contributed by atoms with van der Waals surface area (Å²) in [5, 5.41) is 2.19. The Labute approximate surface area is 119 Å². The molecule has 0 heterocycles. The van der Waals surface area contributed by atoms with Crippen LogP contribution in [0.3, 0.4) is 0 Å². The summed E-state index contributed by atoms with van der Waals surface area (Å²) in [6.45, 7) is 4.99. The second kappa shape index (κ2) is 5.72. The van der Waals surface area contributed by atoms with Gasteiger partial charge in [0.2, 0.25) is 0 Å². The maximum absolute atomic E-state index is 5.85. The maximum atomic E-state index is 5.85. The van der Waals surface area contributed by atoms with Crippen molar-refractivity contribution in [2.24, 2.45) is 5.92 Å². The lowest BCUT2D eigenvalue weighted by atomic mass is 10.0. The van der Waals surface area contributed by atoms with E-state index in [1.165, 1.54) is 0 Å². The van der Waals surface area contributed by atoms with Gasteiger partial charge >= 0.3 is 0 Å². The maximum Gasteiger partial charge on any atom is 0.127 e. The molecular weight excluding hydrogens is 260 g/mol. The van der Waals surface area contributed by atoms with Gasteiger partial charge in [-0.3, -0.25) is 0 Å². The molecule has 0 unspecified atom stereocenters. The molecule has 0 atom stereocenters. The predicted molar refractivity (Wildman–Crippen MR) is 85.0 cm³/mol. The molecule has 0 saturated carbocycles. The lowest BCUT2D eigenvalue weighted by molar-refractivity contribution is 0.274. The molecule has 2 rings (SSSR count). The molecule has 2 aromatic carbocycles. The van der Waals surface area contributed by atoms with Crippen LogP contribution in [0.5, 0.6) is 5.75 Å². The standard InChI is InChI=1S/C15H16OS2/c1-10(2)9-16-14-8-7-13(15(17)18)11-5-3-4-6-12(11)14/h3-8,10H,9H2,1-2H3,(H,17,18). The Hall–Kier alpha value is -1.06. The normalized spacial score (nSPS) is 10.9. The molecular formula is C15H16OS2. The van der Waals surface area contributed by atoms with Crippen LogP contribution in [0.15, 0.2) is 36.4 Å². The molecule has 1 nitrogen and oxygen atoms in total. The van der Waals surface area contributed by atoms with Crippen LogP contribution in [0.4, 0.5) is 0 Å². The molecule has 18 heavy (non-hydrogen) atoms. The van der Waals surface area contributed by atoms with Crippen LogP contribution in [0.25, 0.3) is 10.8 Å². The number of hydrogen-bond acceptors (Lipinski definition) is 2. The van der Waals surface area contributed by atoms with Crippen LogP contribution in [0, 0.1) is 5.92 Å². The molecule has 0 aliphatic rings. The molecule has 94 valence electrons. The van der Waals surface area contributed by atoms with Gasteiger partial charge in [0, 0.05) is 10.9 Å². The fourth-order valence-corrected chi connectivity index (χ4v) is 2.21. The van der Waals surface area contributed by atoms with Gasteiger partial charge in [0.05, 0.1) is 10.8 Å². The molecule has 0 aromatic heterocycles. The minimum atomic E-state index is 0.509. The number of benzene rings is 2. The van der Waals surface area contributed by atoms with Gasteiger partial charge < -0.3 is 4.74 Å². The van der Waals surface area contributed by atoms with Gasteiger partial charge in [-0.1, -0.05) is 50.3 Å². The molecule has 0 saturated heterocycles. The van der Waals surface area contributed by atoms with Crippen LogP contribution in [-0.4, -0.2) is 10.8 Å². The summed E-state index contributed by atoms with van der Waals surface area (Å²) in [6, 6.07) is 12.1. The van der Waals surface area contributed by atoms with Gasteiger partial charge in [-0.15, -0.1) is 12.6 Å². The summed E-state index contributed by atoms with van der Waals surface area (Å²) in [5.74, 6) is 1.42. The predicted octanol–water partition coefficient (Wildman–Crippen LogP) is 4.48. The smallest absolute Gasteiger partial charge is 0.127 e. The van der Waals surface area contributed by atoms with Crippen molar-refractivity contribution in [1.82, 2.24) is 0 Å². The Morgan fingerprint density at radius 2 is 1.83 bits per heavy atom. The van der Waals surface area contributed by atoms with E-state index in [1.807, 2.05) is 24.3 Å². The van der Waals surface area contributed by atoms with E-state index in [4.69, 9.17) is 17.0 Å². The van der Waals surface area contributed by atoms with Gasteiger partial charge in [-0.25, -0.2) is 0 Å². The first-order valence-electron chi connectivity index (χ1n) is 5.97. The van der Waals surface area contributed by atoms with E-state index in [2.05, 4.69) is 38.6 Å². The second-order valence-electron chi connectivity index (χ2n) is 4.67. The van der Waals surface area contributed by atoms with Crippen molar-refractivity contribution in [1.29, 1.82) is 0 Å². The minimum absolute atomic E-state index is 0.509. The SMILES string of the molecule is CC(C)COc1ccc(C(=S)S)c2ccccc12. The Balaban J connectivity index is 2.50. The Bertz CT molecular complexity index is 576. The molecule has 0 aliphatic carbocycles. The van der Waals surface area contributed by atoms with Crippen LogP contribution < -0.4 is 4.74 Å². The van der Waals surface area contributed by atoms with Crippen molar-refractivity contribution in [3.63, 3.8) is 0 Å². The number of ether oxygens (including phenoxy) is 1. The minimum Gasteiger partial charge on any atom is -0.493 e. The van der Waals surface area contributed by atoms with Crippen LogP contribution in [0.1, 0.15) is 19.4 Å². The topological polar surface area (TPSA) is 9.23 Å². The highest BCUT2D eigenvalue weighted by molar-refractivity contribution is 8.11. The third-order valence-corrected chi connectivity index (χ3v) is 3.15. The number of rotatable bonds is 4. The van der Waals surface area contributed by atoms with Crippen LogP contribution in [-0.2, 0) is 0 Å². The summed E-state index contributed by atoms with van der Waals surface area (Å²) >= 11 is 9.44. The van der Waals surface area contributed by atoms with Crippen molar-refractivity contribution in [3.8, 4) is 5.75 Å². The third kappa shape index (κ3) is 2.85. The van der Waals surface area contributed by atoms with E-state index in [0.717, 1.165) is 22.1 Å². The fourth-order valence-electron chi connectivity index (χ4n) is 1.84. The van der Waals surface area contributed by atoms with E-state index in [9.17, 15) is 0 Å². The summed E-state index contributed by atoms with van der Waals surface area (Å²) < 4.78 is 6.46. The van der Waals surface area contributed by atoms with E-state index in [1.54, 1.807) is 0 Å². The Morgan fingerprint density at radius 1 is 1.17 bits per heavy atom. The number of thiol groups is 1. The average Bonchev–Trinajstić information content (AvgIpc) is 2.35. The first-order chi connectivity index (χ1) is 8.59. The second-order valence-corrected chi connectivity index (χ2v) is 5.82. The highest BCUT2D eigenvalue weighted by atomic mass is 32.1. The third-order valence-electron chi connectivity index (χ3n) is 2.69. The van der Waals surface area contributed by atoms with E-state index in [0.29, 0.717) is 16.7 Å². The number of hydrogen-bond donors (Lipinski definition) is 1. The number of thiocarbonyl (C=S) groups is 1. The first kappa shape index (κ1) is 13.4. The van der Waals surface area contributed by atoms with Crippen LogP contribution >= 0.6 is 24.8 Å². The van der Waals surface area contributed by atoms with E-state index in [-0.39, 0.29) is 0 Å². The van der Waals surface area contributed by atoms with Crippen molar-refractivity contribution < 1.29 is 4.74 Å². The quantitative estimate of drug-likeness (QED) is 0.651. The zero-order valence-corrected chi connectivity index (χ0v) is 12.2. The molecule has 0 bridgehead atoms. The van der Waals surface area contributed by atoms with Gasteiger partial charge in [0.1, 0.15) is 5.75 Å². The average molecular weight is 276 g/mol. The zero-order chi connectivity index (χ0) is 13.1. The highest BCUT2D eigenvalue weighted by Crippen LogP contribution is 2.29. The van der Waals surface area contributed by atoms with E-state index < -0.39 is 0 Å². The molecule has 3 heteroatoms. The van der Waals surface area contributed by atoms with Gasteiger partial charge in [0.25, 0.3) is 0 Å². The fraction of sp³-hybridized carbons (Fsp3) is 0.267. The summed E-state index contributed by atoms with van der Waals surface area (Å²) in [4.78, 5) is 0. The summed E-state index contributed by atoms with van der Waals surface area (Å²) in [7, 11) is 0. The molecule has 0 amide bonds. The molecule has 0 radical (unpaired) electrons.